The van der Waals surface area contributed by atoms with Crippen molar-refractivity contribution in [1.29, 1.82) is 0 Å². The van der Waals surface area contributed by atoms with E-state index in [9.17, 15) is 13.2 Å². The number of ketones is 1. The van der Waals surface area contributed by atoms with Gasteiger partial charge in [-0.25, -0.2) is 8.42 Å². The first-order chi connectivity index (χ1) is 7.95. The van der Waals surface area contributed by atoms with Crippen molar-refractivity contribution in [3.05, 3.63) is 29.8 Å². The van der Waals surface area contributed by atoms with Crippen LogP contribution in [-0.2, 0) is 14.6 Å². The molecule has 0 fully saturated rings. The summed E-state index contributed by atoms with van der Waals surface area (Å²) < 4.78 is 23.7. The highest BCUT2D eigenvalue weighted by Gasteiger charge is 2.14. The maximum atomic E-state index is 11.9. The first kappa shape index (κ1) is 14.2. The molecule has 17 heavy (non-hydrogen) atoms. The second-order valence-electron chi connectivity index (χ2n) is 3.91. The van der Waals surface area contributed by atoms with Crippen LogP contribution in [-0.4, -0.2) is 25.8 Å². The van der Waals surface area contributed by atoms with Gasteiger partial charge in [-0.15, -0.1) is 11.6 Å². The Labute approximate surface area is 107 Å². The average Bonchev–Trinajstić information content (AvgIpc) is 2.29. The number of alkyl halides is 1. The summed E-state index contributed by atoms with van der Waals surface area (Å²) in [4.78, 5) is 11.3. The molecule has 0 saturated carbocycles. The molecule has 5 heteroatoms. The molecule has 1 rings (SSSR count). The van der Waals surface area contributed by atoms with E-state index in [0.29, 0.717) is 11.3 Å². The number of hydrogen-bond donors (Lipinski definition) is 0. The van der Waals surface area contributed by atoms with Crippen molar-refractivity contribution in [2.24, 2.45) is 0 Å². The third-order valence-corrected chi connectivity index (χ3v) is 4.51. The maximum Gasteiger partial charge on any atom is 0.178 e. The summed E-state index contributed by atoms with van der Waals surface area (Å²) in [5, 5.41) is 0. The molecule has 0 atom stereocenters. The Balaban J connectivity index is 2.63. The molecule has 1 aromatic rings. The smallest absolute Gasteiger partial charge is 0.178 e. The predicted octanol–water partition coefficient (Wildman–Crippen LogP) is 2.36. The minimum atomic E-state index is -3.28. The van der Waals surface area contributed by atoms with E-state index in [4.69, 9.17) is 11.6 Å². The van der Waals surface area contributed by atoms with Crippen LogP contribution in [0.1, 0.15) is 18.4 Å². The zero-order valence-corrected chi connectivity index (χ0v) is 11.2. The molecule has 3 nitrogen and oxygen atoms in total. The van der Waals surface area contributed by atoms with Crippen molar-refractivity contribution in [3.63, 3.8) is 0 Å². The number of benzene rings is 1. The van der Waals surface area contributed by atoms with Crippen LogP contribution in [0.15, 0.2) is 29.2 Å². The van der Waals surface area contributed by atoms with Crippen LogP contribution in [0.2, 0.25) is 0 Å². The summed E-state index contributed by atoms with van der Waals surface area (Å²) in [6.07, 6.45) is 0.538. The molecule has 0 unspecified atom stereocenters. The Kier molecular flexibility index (Phi) is 5.15. The lowest BCUT2D eigenvalue weighted by Gasteiger charge is -2.04. The van der Waals surface area contributed by atoms with Crippen LogP contribution >= 0.6 is 11.6 Å². The molecule has 0 radical (unpaired) electrons. The summed E-state index contributed by atoms with van der Waals surface area (Å²) in [5.41, 5.74) is 1.02. The van der Waals surface area contributed by atoms with Crippen molar-refractivity contribution >= 4 is 27.2 Å². The van der Waals surface area contributed by atoms with E-state index in [1.165, 1.54) is 0 Å². The van der Waals surface area contributed by atoms with E-state index in [-0.39, 0.29) is 23.8 Å². The molecule has 0 bridgehead atoms. The van der Waals surface area contributed by atoms with Gasteiger partial charge in [0.1, 0.15) is 5.78 Å². The number of hydrogen-bond acceptors (Lipinski definition) is 3. The van der Waals surface area contributed by atoms with Crippen LogP contribution in [0, 0.1) is 6.92 Å². The standard InChI is InChI=1S/C12H15ClO3S/c1-10-4-6-12(7-5-10)17(15,16)8-2-3-11(14)9-13/h4-7H,2-3,8-9H2,1H3. The third-order valence-electron chi connectivity index (χ3n) is 2.40. The molecule has 0 saturated heterocycles. The van der Waals surface area contributed by atoms with Crippen molar-refractivity contribution in [1.82, 2.24) is 0 Å². The maximum absolute atomic E-state index is 11.9. The van der Waals surface area contributed by atoms with Crippen LogP contribution in [0.25, 0.3) is 0 Å². The van der Waals surface area contributed by atoms with Crippen LogP contribution in [0.3, 0.4) is 0 Å². The highest BCUT2D eigenvalue weighted by atomic mass is 35.5. The van der Waals surface area contributed by atoms with Gasteiger partial charge < -0.3 is 0 Å². The zero-order chi connectivity index (χ0) is 12.9. The molecule has 0 amide bonds. The van der Waals surface area contributed by atoms with Gasteiger partial charge in [0.25, 0.3) is 0 Å². The van der Waals surface area contributed by atoms with Crippen molar-refractivity contribution < 1.29 is 13.2 Å². The molecule has 0 aliphatic rings. The molecular weight excluding hydrogens is 260 g/mol. The van der Waals surface area contributed by atoms with E-state index in [1.54, 1.807) is 24.3 Å². The van der Waals surface area contributed by atoms with E-state index in [0.717, 1.165) is 5.56 Å². The fraction of sp³-hybridized carbons (Fsp3) is 0.417. The Hall–Kier alpha value is -0.870. The molecule has 0 aromatic heterocycles. The molecular formula is C12H15ClO3S. The monoisotopic (exact) mass is 274 g/mol. The lowest BCUT2D eigenvalue weighted by molar-refractivity contribution is -0.116. The second kappa shape index (κ2) is 6.17. The molecule has 0 heterocycles. The molecule has 0 N–H and O–H groups in total. The lowest BCUT2D eigenvalue weighted by atomic mass is 10.2. The van der Waals surface area contributed by atoms with Gasteiger partial charge >= 0.3 is 0 Å². The van der Waals surface area contributed by atoms with Crippen LogP contribution in [0.5, 0.6) is 0 Å². The van der Waals surface area contributed by atoms with Crippen LogP contribution in [0.4, 0.5) is 0 Å². The summed E-state index contributed by atoms with van der Waals surface area (Å²) in [7, 11) is -3.28. The minimum Gasteiger partial charge on any atom is -0.298 e. The van der Waals surface area contributed by atoms with Gasteiger partial charge in [0.15, 0.2) is 9.84 Å². The summed E-state index contributed by atoms with van der Waals surface area (Å²) in [6, 6.07) is 6.70. The number of carbonyl (C=O) groups is 1. The number of Topliss-reactive ketones (excluding diaryl/α,β-unsaturated/α-hetero) is 1. The summed E-state index contributed by atoms with van der Waals surface area (Å²) in [6.45, 7) is 1.90. The molecule has 0 aliphatic heterocycles. The van der Waals surface area contributed by atoms with E-state index in [2.05, 4.69) is 0 Å². The Bertz CT molecular complexity index is 477. The largest absolute Gasteiger partial charge is 0.298 e. The minimum absolute atomic E-state index is 0.0152. The van der Waals surface area contributed by atoms with E-state index >= 15 is 0 Å². The second-order valence-corrected chi connectivity index (χ2v) is 6.28. The normalized spacial score (nSPS) is 11.4. The van der Waals surface area contributed by atoms with Gasteiger partial charge in [-0.1, -0.05) is 17.7 Å². The van der Waals surface area contributed by atoms with Crippen molar-refractivity contribution in [2.75, 3.05) is 11.6 Å². The topological polar surface area (TPSA) is 51.2 Å². The highest BCUT2D eigenvalue weighted by Crippen LogP contribution is 2.13. The Morgan fingerprint density at radius 2 is 1.82 bits per heavy atom. The average molecular weight is 275 g/mol. The van der Waals surface area contributed by atoms with Gasteiger partial charge in [0.05, 0.1) is 16.5 Å². The van der Waals surface area contributed by atoms with Crippen LogP contribution < -0.4 is 0 Å². The summed E-state index contributed by atoms with van der Waals surface area (Å²) in [5.74, 6) is -0.186. The number of sulfone groups is 1. The predicted molar refractivity (Wildman–Crippen MR) is 68.2 cm³/mol. The number of aryl methyl sites for hydroxylation is 1. The molecule has 0 aliphatic carbocycles. The highest BCUT2D eigenvalue weighted by molar-refractivity contribution is 7.91. The molecule has 0 spiro atoms. The quantitative estimate of drug-likeness (QED) is 0.748. The van der Waals surface area contributed by atoms with E-state index < -0.39 is 9.84 Å². The van der Waals surface area contributed by atoms with E-state index in [1.807, 2.05) is 6.92 Å². The lowest BCUT2D eigenvalue weighted by Crippen LogP contribution is -2.09. The Morgan fingerprint density at radius 3 is 2.35 bits per heavy atom. The number of rotatable bonds is 6. The number of carbonyl (C=O) groups excluding carboxylic acids is 1. The first-order valence-corrected chi connectivity index (χ1v) is 7.51. The van der Waals surface area contributed by atoms with Gasteiger partial charge in [-0.3, -0.25) is 4.79 Å². The first-order valence-electron chi connectivity index (χ1n) is 5.33. The Morgan fingerprint density at radius 1 is 1.24 bits per heavy atom. The third kappa shape index (κ3) is 4.48. The molecule has 94 valence electrons. The number of halogens is 1. The van der Waals surface area contributed by atoms with Gasteiger partial charge in [-0.2, -0.15) is 0 Å². The SMILES string of the molecule is Cc1ccc(S(=O)(=O)CCCC(=O)CCl)cc1. The van der Waals surface area contributed by atoms with Gasteiger partial charge in [0.2, 0.25) is 0 Å². The molecule has 1 aromatic carbocycles. The fourth-order valence-electron chi connectivity index (χ4n) is 1.39. The fourth-order valence-corrected chi connectivity index (χ4v) is 2.83. The summed E-state index contributed by atoms with van der Waals surface area (Å²) >= 11 is 5.34. The zero-order valence-electron chi connectivity index (χ0n) is 9.65. The van der Waals surface area contributed by atoms with Crippen molar-refractivity contribution in [2.45, 2.75) is 24.7 Å². The van der Waals surface area contributed by atoms with Gasteiger partial charge in [-0.05, 0) is 25.5 Å². The van der Waals surface area contributed by atoms with Crippen molar-refractivity contribution in [3.8, 4) is 0 Å². The van der Waals surface area contributed by atoms with Gasteiger partial charge in [0, 0.05) is 6.42 Å².